The molecule has 0 fully saturated rings. The van der Waals surface area contributed by atoms with Crippen LogP contribution in [0.2, 0.25) is 0 Å². The Kier molecular flexibility index (Phi) is 6.91. The second-order valence-electron chi connectivity index (χ2n) is 3.46. The molecule has 0 aliphatic carbocycles. The minimum Gasteiger partial charge on any atom is -0.369 e. The zero-order chi connectivity index (χ0) is 11.0. The highest BCUT2D eigenvalue weighted by atomic mass is 15.2. The van der Waals surface area contributed by atoms with Crippen molar-refractivity contribution in [3.63, 3.8) is 0 Å². The molecule has 0 bridgehead atoms. The molecule has 1 heteroatoms. The summed E-state index contributed by atoms with van der Waals surface area (Å²) in [5.74, 6) is 0. The van der Waals surface area contributed by atoms with Crippen molar-refractivity contribution < 1.29 is 0 Å². The Morgan fingerprint density at radius 3 is 2.36 bits per heavy atom. The molecule has 0 aromatic rings. The fourth-order valence-electron chi connectivity index (χ4n) is 1.72. The van der Waals surface area contributed by atoms with Crippen LogP contribution < -0.4 is 0 Å². The molecular weight excluding hydrogens is 170 g/mol. The number of rotatable bonds is 7. The summed E-state index contributed by atoms with van der Waals surface area (Å²) in [5, 5.41) is 0. The molecule has 1 unspecified atom stereocenters. The lowest BCUT2D eigenvalue weighted by Crippen LogP contribution is -2.31. The van der Waals surface area contributed by atoms with Gasteiger partial charge in [-0.05, 0) is 32.4 Å². The lowest BCUT2D eigenvalue weighted by atomic mass is 10.1. The summed E-state index contributed by atoms with van der Waals surface area (Å²) in [5.41, 5.74) is 1.17. The van der Waals surface area contributed by atoms with Gasteiger partial charge in [-0.3, -0.25) is 0 Å². The summed E-state index contributed by atoms with van der Waals surface area (Å²) >= 11 is 0. The van der Waals surface area contributed by atoms with Crippen LogP contribution in [0.5, 0.6) is 0 Å². The Balaban J connectivity index is 4.58. The van der Waals surface area contributed by atoms with E-state index < -0.39 is 0 Å². The molecule has 0 saturated carbocycles. The highest BCUT2D eigenvalue weighted by Gasteiger charge is 2.11. The van der Waals surface area contributed by atoms with Crippen LogP contribution in [-0.4, -0.2) is 17.5 Å². The van der Waals surface area contributed by atoms with Crippen LogP contribution in [0.15, 0.2) is 37.1 Å². The number of hydrogen-bond donors (Lipinski definition) is 0. The van der Waals surface area contributed by atoms with Gasteiger partial charge in [0.15, 0.2) is 0 Å². The first-order valence-electron chi connectivity index (χ1n) is 5.43. The summed E-state index contributed by atoms with van der Waals surface area (Å²) in [4.78, 5) is 2.36. The van der Waals surface area contributed by atoms with E-state index in [-0.39, 0.29) is 0 Å². The fraction of sp³-hybridized carbons (Fsp3) is 0.538. The summed E-state index contributed by atoms with van der Waals surface area (Å²) in [6.07, 6.45) is 8.17. The SMILES string of the molecule is C=C/C=C(\C=C)N(CC)C(C)CCC. The molecule has 1 nitrogen and oxygen atoms in total. The number of nitrogens with zero attached hydrogens (tertiary/aromatic N) is 1. The molecule has 0 heterocycles. The van der Waals surface area contributed by atoms with Crippen molar-refractivity contribution in [3.05, 3.63) is 37.1 Å². The molecule has 80 valence electrons. The van der Waals surface area contributed by atoms with E-state index in [2.05, 4.69) is 38.8 Å². The van der Waals surface area contributed by atoms with E-state index >= 15 is 0 Å². The third-order valence-corrected chi connectivity index (χ3v) is 2.41. The fourth-order valence-corrected chi connectivity index (χ4v) is 1.72. The largest absolute Gasteiger partial charge is 0.369 e. The molecule has 0 aliphatic heterocycles. The molecule has 0 radical (unpaired) electrons. The molecule has 14 heavy (non-hydrogen) atoms. The van der Waals surface area contributed by atoms with E-state index in [0.717, 1.165) is 6.54 Å². The van der Waals surface area contributed by atoms with Crippen LogP contribution in [0.25, 0.3) is 0 Å². The van der Waals surface area contributed by atoms with Gasteiger partial charge in [0.25, 0.3) is 0 Å². The van der Waals surface area contributed by atoms with Crippen molar-refractivity contribution in [2.75, 3.05) is 6.54 Å². The highest BCUT2D eigenvalue weighted by Crippen LogP contribution is 2.14. The van der Waals surface area contributed by atoms with Gasteiger partial charge >= 0.3 is 0 Å². The van der Waals surface area contributed by atoms with Gasteiger partial charge in [0.1, 0.15) is 0 Å². The van der Waals surface area contributed by atoms with Crippen LogP contribution in [-0.2, 0) is 0 Å². The maximum absolute atomic E-state index is 3.83. The molecule has 0 spiro atoms. The molecule has 0 aromatic heterocycles. The Morgan fingerprint density at radius 2 is 2.00 bits per heavy atom. The van der Waals surface area contributed by atoms with E-state index in [1.807, 2.05) is 18.2 Å². The lowest BCUT2D eigenvalue weighted by molar-refractivity contribution is 0.274. The Morgan fingerprint density at radius 1 is 1.36 bits per heavy atom. The number of hydrogen-bond acceptors (Lipinski definition) is 1. The van der Waals surface area contributed by atoms with E-state index in [1.165, 1.54) is 18.5 Å². The smallest absolute Gasteiger partial charge is 0.0362 e. The summed E-state index contributed by atoms with van der Waals surface area (Å²) in [6, 6.07) is 0.578. The van der Waals surface area contributed by atoms with Crippen LogP contribution in [0.1, 0.15) is 33.6 Å². The first-order valence-corrected chi connectivity index (χ1v) is 5.43. The molecule has 0 N–H and O–H groups in total. The van der Waals surface area contributed by atoms with Crippen molar-refractivity contribution in [2.24, 2.45) is 0 Å². The van der Waals surface area contributed by atoms with E-state index in [4.69, 9.17) is 0 Å². The first-order chi connectivity index (χ1) is 6.71. The molecule has 0 aromatic carbocycles. The standard InChI is InChI=1S/C13H23N/c1-6-10-12(5)14(9-4)13(8-3)11-7-2/h7-8,11-12H,2-3,6,9-10H2,1,4-5H3/b13-11+. The minimum atomic E-state index is 0.578. The number of likely N-dealkylation sites (N-methyl/N-ethyl adjacent to an activating group) is 1. The third kappa shape index (κ3) is 3.82. The second-order valence-corrected chi connectivity index (χ2v) is 3.46. The third-order valence-electron chi connectivity index (χ3n) is 2.41. The Bertz CT molecular complexity index is 203. The normalized spacial score (nSPS) is 13.5. The predicted octanol–water partition coefficient (Wildman–Crippen LogP) is 3.75. The molecule has 0 saturated heterocycles. The van der Waals surface area contributed by atoms with Crippen molar-refractivity contribution in [1.82, 2.24) is 4.90 Å². The van der Waals surface area contributed by atoms with E-state index in [0.29, 0.717) is 6.04 Å². The van der Waals surface area contributed by atoms with Gasteiger partial charge in [-0.2, -0.15) is 0 Å². The van der Waals surface area contributed by atoms with Crippen LogP contribution >= 0.6 is 0 Å². The van der Waals surface area contributed by atoms with Gasteiger partial charge < -0.3 is 4.90 Å². The van der Waals surface area contributed by atoms with Crippen LogP contribution in [0, 0.1) is 0 Å². The topological polar surface area (TPSA) is 3.24 Å². The molecule has 1 atom stereocenters. The van der Waals surface area contributed by atoms with Crippen molar-refractivity contribution in [3.8, 4) is 0 Å². The molecular formula is C13H23N. The average Bonchev–Trinajstić information content (AvgIpc) is 2.18. The van der Waals surface area contributed by atoms with Gasteiger partial charge in [-0.15, -0.1) is 0 Å². The first kappa shape index (κ1) is 13.0. The number of allylic oxidation sites excluding steroid dienone is 3. The average molecular weight is 193 g/mol. The zero-order valence-corrected chi connectivity index (χ0v) is 9.79. The summed E-state index contributed by atoms with van der Waals surface area (Å²) < 4.78 is 0. The summed E-state index contributed by atoms with van der Waals surface area (Å²) in [6.45, 7) is 15.2. The highest BCUT2D eigenvalue weighted by molar-refractivity contribution is 5.20. The molecule has 0 amide bonds. The second kappa shape index (κ2) is 7.43. The zero-order valence-electron chi connectivity index (χ0n) is 9.79. The predicted molar refractivity (Wildman–Crippen MR) is 65.2 cm³/mol. The minimum absolute atomic E-state index is 0.578. The lowest BCUT2D eigenvalue weighted by Gasteiger charge is -2.30. The summed E-state index contributed by atoms with van der Waals surface area (Å²) in [7, 11) is 0. The van der Waals surface area contributed by atoms with Crippen molar-refractivity contribution >= 4 is 0 Å². The van der Waals surface area contributed by atoms with Crippen molar-refractivity contribution in [2.45, 2.75) is 39.7 Å². The van der Waals surface area contributed by atoms with Gasteiger partial charge in [0.2, 0.25) is 0 Å². The maximum Gasteiger partial charge on any atom is 0.0362 e. The van der Waals surface area contributed by atoms with Crippen LogP contribution in [0.4, 0.5) is 0 Å². The molecule has 0 aliphatic rings. The van der Waals surface area contributed by atoms with E-state index in [1.54, 1.807) is 0 Å². The Labute approximate surface area is 88.8 Å². The quantitative estimate of drug-likeness (QED) is 0.557. The van der Waals surface area contributed by atoms with Crippen LogP contribution in [0.3, 0.4) is 0 Å². The van der Waals surface area contributed by atoms with E-state index in [9.17, 15) is 0 Å². The van der Waals surface area contributed by atoms with Gasteiger partial charge in [-0.25, -0.2) is 0 Å². The van der Waals surface area contributed by atoms with Gasteiger partial charge in [0.05, 0.1) is 0 Å². The monoisotopic (exact) mass is 193 g/mol. The Hall–Kier alpha value is -0.980. The van der Waals surface area contributed by atoms with Gasteiger partial charge in [0, 0.05) is 18.3 Å². The maximum atomic E-state index is 3.83. The van der Waals surface area contributed by atoms with Gasteiger partial charge in [-0.1, -0.05) is 32.6 Å². The molecule has 0 rings (SSSR count). The van der Waals surface area contributed by atoms with Crippen molar-refractivity contribution in [1.29, 1.82) is 0 Å².